The van der Waals surface area contributed by atoms with E-state index in [1.807, 2.05) is 13.8 Å². The Morgan fingerprint density at radius 1 is 1.77 bits per heavy atom. The molecule has 1 rings (SSSR count). The zero-order chi connectivity index (χ0) is 9.90. The summed E-state index contributed by atoms with van der Waals surface area (Å²) in [7, 11) is 0. The van der Waals surface area contributed by atoms with Crippen LogP contribution in [0.5, 0.6) is 0 Å². The predicted molar refractivity (Wildman–Crippen MR) is 58.4 cm³/mol. The van der Waals surface area contributed by atoms with Crippen LogP contribution < -0.4 is 5.32 Å². The zero-order valence-corrected chi connectivity index (χ0v) is 9.67. The van der Waals surface area contributed by atoms with E-state index in [1.165, 1.54) is 0 Å². The number of alkyl halides is 1. The van der Waals surface area contributed by atoms with Crippen molar-refractivity contribution in [1.29, 1.82) is 0 Å². The van der Waals surface area contributed by atoms with E-state index in [9.17, 15) is 4.79 Å². The van der Waals surface area contributed by atoms with Gasteiger partial charge in [0, 0.05) is 11.9 Å². The molecule has 1 amide bonds. The van der Waals surface area contributed by atoms with Crippen LogP contribution in [0.1, 0.15) is 26.7 Å². The maximum atomic E-state index is 11.7. The Labute approximate surface area is 88.8 Å². The average Bonchev–Trinajstić information content (AvgIpc) is 2.53. The molecule has 2 atom stereocenters. The van der Waals surface area contributed by atoms with Crippen molar-refractivity contribution in [2.75, 3.05) is 11.6 Å². The normalized spacial score (nSPS) is 30.1. The Bertz CT molecular complexity index is 192. The van der Waals surface area contributed by atoms with Gasteiger partial charge in [0.05, 0.1) is 4.75 Å². The lowest BCUT2D eigenvalue weighted by Gasteiger charge is -2.23. The third-order valence-electron chi connectivity index (χ3n) is 2.31. The molecular weight excluding hydrogens is 206 g/mol. The molecule has 1 saturated heterocycles. The van der Waals surface area contributed by atoms with Crippen LogP contribution in [-0.2, 0) is 4.79 Å². The van der Waals surface area contributed by atoms with Crippen molar-refractivity contribution in [1.82, 2.24) is 5.32 Å². The van der Waals surface area contributed by atoms with Gasteiger partial charge in [-0.3, -0.25) is 4.79 Å². The van der Waals surface area contributed by atoms with Gasteiger partial charge < -0.3 is 5.32 Å². The van der Waals surface area contributed by atoms with Gasteiger partial charge in [-0.25, -0.2) is 0 Å². The van der Waals surface area contributed by atoms with Crippen molar-refractivity contribution in [2.45, 2.75) is 37.5 Å². The first-order valence-corrected chi connectivity index (χ1v) is 6.11. The van der Waals surface area contributed by atoms with Gasteiger partial charge in [0.1, 0.15) is 0 Å². The fraction of sp³-hybridized carbons (Fsp3) is 0.889. The molecule has 2 unspecified atom stereocenters. The molecule has 0 aromatic heterocycles. The molecule has 1 fully saturated rings. The Balaban J connectivity index is 2.46. The largest absolute Gasteiger partial charge is 0.351 e. The summed E-state index contributed by atoms with van der Waals surface area (Å²) < 4.78 is -0.208. The summed E-state index contributed by atoms with van der Waals surface area (Å²) in [5, 5.41) is 2.92. The quantitative estimate of drug-likeness (QED) is 0.739. The first kappa shape index (κ1) is 11.2. The highest BCUT2D eigenvalue weighted by Gasteiger charge is 2.37. The second kappa shape index (κ2) is 4.56. The van der Waals surface area contributed by atoms with E-state index in [-0.39, 0.29) is 16.7 Å². The van der Waals surface area contributed by atoms with Gasteiger partial charge in [-0.2, -0.15) is 0 Å². The van der Waals surface area contributed by atoms with Gasteiger partial charge in [0.15, 0.2) is 0 Å². The van der Waals surface area contributed by atoms with Crippen molar-refractivity contribution >= 4 is 29.3 Å². The van der Waals surface area contributed by atoms with Crippen molar-refractivity contribution in [3.63, 3.8) is 0 Å². The number of halogens is 1. The Morgan fingerprint density at radius 2 is 2.46 bits per heavy atom. The number of hydrogen-bond acceptors (Lipinski definition) is 2. The van der Waals surface area contributed by atoms with Crippen LogP contribution in [0.4, 0.5) is 0 Å². The van der Waals surface area contributed by atoms with Gasteiger partial charge in [0.25, 0.3) is 0 Å². The molecule has 0 spiro atoms. The van der Waals surface area contributed by atoms with Crippen LogP contribution in [-0.4, -0.2) is 28.3 Å². The van der Waals surface area contributed by atoms with Gasteiger partial charge in [-0.1, -0.05) is 0 Å². The lowest BCUT2D eigenvalue weighted by Crippen LogP contribution is -2.45. The number of nitrogens with one attached hydrogen (secondary N) is 1. The zero-order valence-electron chi connectivity index (χ0n) is 8.10. The van der Waals surface area contributed by atoms with Crippen LogP contribution in [0, 0.1) is 0 Å². The topological polar surface area (TPSA) is 29.1 Å². The molecule has 2 nitrogen and oxygen atoms in total. The molecule has 0 aliphatic carbocycles. The Morgan fingerprint density at radius 3 is 2.92 bits per heavy atom. The number of hydrogen-bond donors (Lipinski definition) is 1. The minimum atomic E-state index is -0.208. The van der Waals surface area contributed by atoms with Crippen LogP contribution >= 0.6 is 23.4 Å². The van der Waals surface area contributed by atoms with Crippen LogP contribution in [0.2, 0.25) is 0 Å². The predicted octanol–water partition coefficient (Wildman–Crippen LogP) is 2.02. The molecule has 1 N–H and O–H groups in total. The summed E-state index contributed by atoms with van der Waals surface area (Å²) in [6.45, 7) is 3.94. The van der Waals surface area contributed by atoms with Crippen molar-refractivity contribution in [2.24, 2.45) is 0 Å². The highest BCUT2D eigenvalue weighted by molar-refractivity contribution is 8.01. The van der Waals surface area contributed by atoms with Gasteiger partial charge in [-0.05, 0) is 32.4 Å². The van der Waals surface area contributed by atoms with E-state index in [4.69, 9.17) is 11.6 Å². The molecule has 0 aromatic rings. The van der Waals surface area contributed by atoms with Gasteiger partial charge in [-0.15, -0.1) is 23.4 Å². The number of carbonyl (C=O) groups excluding carboxylic acids is 1. The number of rotatable bonds is 3. The molecule has 4 heteroatoms. The van der Waals surface area contributed by atoms with E-state index in [1.54, 1.807) is 11.8 Å². The summed E-state index contributed by atoms with van der Waals surface area (Å²) >= 11 is 7.38. The maximum absolute atomic E-state index is 11.7. The van der Waals surface area contributed by atoms with Crippen LogP contribution in [0.3, 0.4) is 0 Å². The van der Waals surface area contributed by atoms with Gasteiger partial charge in [0.2, 0.25) is 5.91 Å². The molecule has 0 bridgehead atoms. The van der Waals surface area contributed by atoms with Crippen molar-refractivity contribution in [3.8, 4) is 0 Å². The van der Waals surface area contributed by atoms with E-state index < -0.39 is 0 Å². The van der Waals surface area contributed by atoms with E-state index in [0.717, 1.165) is 18.6 Å². The van der Waals surface area contributed by atoms with Crippen molar-refractivity contribution in [3.05, 3.63) is 0 Å². The second-order valence-electron chi connectivity index (χ2n) is 3.71. The fourth-order valence-electron chi connectivity index (χ4n) is 1.37. The Kier molecular flexibility index (Phi) is 3.92. The molecule has 0 radical (unpaired) electrons. The summed E-state index contributed by atoms with van der Waals surface area (Å²) in [5.74, 6) is 1.72. The van der Waals surface area contributed by atoms with E-state index in [0.29, 0.717) is 5.88 Å². The first-order valence-electron chi connectivity index (χ1n) is 4.59. The third kappa shape index (κ3) is 2.78. The summed E-state index contributed by atoms with van der Waals surface area (Å²) in [6.07, 6.45) is 2.13. The molecule has 76 valence electrons. The summed E-state index contributed by atoms with van der Waals surface area (Å²) in [4.78, 5) is 11.7. The fourth-order valence-corrected chi connectivity index (χ4v) is 2.67. The minimum absolute atomic E-state index is 0.0761. The van der Waals surface area contributed by atoms with E-state index in [2.05, 4.69) is 5.32 Å². The first-order chi connectivity index (χ1) is 6.08. The molecular formula is C9H16ClNOS. The van der Waals surface area contributed by atoms with Gasteiger partial charge >= 0.3 is 0 Å². The lowest BCUT2D eigenvalue weighted by atomic mass is 10.0. The smallest absolute Gasteiger partial charge is 0.236 e. The third-order valence-corrected chi connectivity index (χ3v) is 4.29. The van der Waals surface area contributed by atoms with Crippen LogP contribution in [0.25, 0.3) is 0 Å². The van der Waals surface area contributed by atoms with Crippen LogP contribution in [0.15, 0.2) is 0 Å². The Hall–Kier alpha value is 0.110. The molecule has 1 aliphatic rings. The standard InChI is InChI=1S/C9H16ClNOS/c1-7(6-10)11-8(12)9(2)4-3-5-13-9/h7H,3-6H2,1-2H3,(H,11,12). The molecule has 13 heavy (non-hydrogen) atoms. The monoisotopic (exact) mass is 221 g/mol. The number of amides is 1. The van der Waals surface area contributed by atoms with E-state index >= 15 is 0 Å². The molecule has 0 saturated carbocycles. The summed E-state index contributed by atoms with van der Waals surface area (Å²) in [6, 6.07) is 0.0761. The highest BCUT2D eigenvalue weighted by atomic mass is 35.5. The number of thioether (sulfide) groups is 1. The maximum Gasteiger partial charge on any atom is 0.236 e. The summed E-state index contributed by atoms with van der Waals surface area (Å²) in [5.41, 5.74) is 0. The SMILES string of the molecule is CC(CCl)NC(=O)C1(C)CCCS1. The lowest BCUT2D eigenvalue weighted by molar-refractivity contribution is -0.123. The number of carbonyl (C=O) groups is 1. The minimum Gasteiger partial charge on any atom is -0.351 e. The molecule has 0 aromatic carbocycles. The highest BCUT2D eigenvalue weighted by Crippen LogP contribution is 2.37. The second-order valence-corrected chi connectivity index (χ2v) is 5.62. The average molecular weight is 222 g/mol. The molecule has 1 heterocycles. The van der Waals surface area contributed by atoms with Crippen molar-refractivity contribution < 1.29 is 4.79 Å². The molecule has 1 aliphatic heterocycles.